The first-order chi connectivity index (χ1) is 18.2. The van der Waals surface area contributed by atoms with Crippen LogP contribution in [0.2, 0.25) is 0 Å². The fraction of sp³-hybridized carbons (Fsp3) is 0.115. The zero-order valence-electron chi connectivity index (χ0n) is 20.2. The van der Waals surface area contributed by atoms with Crippen LogP contribution in [0.1, 0.15) is 27.3 Å². The predicted molar refractivity (Wildman–Crippen MR) is 135 cm³/mol. The van der Waals surface area contributed by atoms with Crippen molar-refractivity contribution in [2.24, 2.45) is 0 Å². The Hall–Kier alpha value is -5.00. The molecule has 12 heteroatoms. The van der Waals surface area contributed by atoms with Crippen molar-refractivity contribution in [3.8, 4) is 11.5 Å². The second-order valence-electron chi connectivity index (χ2n) is 8.47. The SMILES string of the molecule is Cc1cn(-c2ccnc(Nc3ccc(C(=O)Nc4ccc(C(F)(F)F)c(-n5cnc(C)c5)c4)cc3)n2)cn1. The number of nitrogens with one attached hydrogen (secondary N) is 2. The maximum Gasteiger partial charge on any atom is 0.418 e. The van der Waals surface area contributed by atoms with Crippen molar-refractivity contribution < 1.29 is 18.0 Å². The van der Waals surface area contributed by atoms with Gasteiger partial charge in [-0.25, -0.2) is 15.0 Å². The number of imidazole rings is 2. The maximum atomic E-state index is 13.6. The van der Waals surface area contributed by atoms with E-state index in [2.05, 4.69) is 30.6 Å². The van der Waals surface area contributed by atoms with E-state index in [0.29, 0.717) is 28.7 Å². The van der Waals surface area contributed by atoms with E-state index >= 15 is 0 Å². The summed E-state index contributed by atoms with van der Waals surface area (Å²) in [4.78, 5) is 29.7. The van der Waals surface area contributed by atoms with E-state index in [1.165, 1.54) is 29.2 Å². The smallest absolute Gasteiger partial charge is 0.324 e. The van der Waals surface area contributed by atoms with Crippen LogP contribution in [-0.4, -0.2) is 35.0 Å². The minimum atomic E-state index is -4.57. The fourth-order valence-electron chi connectivity index (χ4n) is 3.75. The molecule has 2 N–H and O–H groups in total. The number of aryl methyl sites for hydroxylation is 2. The quantitative estimate of drug-likeness (QED) is 0.309. The number of hydrogen-bond acceptors (Lipinski definition) is 6. The molecule has 0 aliphatic heterocycles. The number of carbonyl (C=O) groups excluding carboxylic acids is 1. The zero-order chi connectivity index (χ0) is 26.9. The Bertz CT molecular complexity index is 1610. The lowest BCUT2D eigenvalue weighted by atomic mass is 10.1. The van der Waals surface area contributed by atoms with Crippen LogP contribution in [0.3, 0.4) is 0 Å². The van der Waals surface area contributed by atoms with Crippen LogP contribution < -0.4 is 10.6 Å². The molecule has 5 aromatic rings. The van der Waals surface area contributed by atoms with Crippen molar-refractivity contribution in [3.05, 3.63) is 102 Å². The van der Waals surface area contributed by atoms with E-state index < -0.39 is 17.6 Å². The summed E-state index contributed by atoms with van der Waals surface area (Å²) in [5.41, 5.74) is 1.63. The summed E-state index contributed by atoms with van der Waals surface area (Å²) in [5, 5.41) is 5.74. The highest BCUT2D eigenvalue weighted by molar-refractivity contribution is 6.04. The van der Waals surface area contributed by atoms with Gasteiger partial charge in [0, 0.05) is 35.5 Å². The Morgan fingerprint density at radius 2 is 1.50 bits per heavy atom. The molecule has 2 aromatic carbocycles. The van der Waals surface area contributed by atoms with Crippen LogP contribution >= 0.6 is 0 Å². The number of anilines is 3. The summed E-state index contributed by atoms with van der Waals surface area (Å²) >= 11 is 0. The van der Waals surface area contributed by atoms with E-state index in [0.717, 1.165) is 11.8 Å². The van der Waals surface area contributed by atoms with E-state index in [4.69, 9.17) is 0 Å². The van der Waals surface area contributed by atoms with Crippen molar-refractivity contribution in [2.45, 2.75) is 20.0 Å². The van der Waals surface area contributed by atoms with Gasteiger partial charge in [-0.3, -0.25) is 9.36 Å². The highest BCUT2D eigenvalue weighted by atomic mass is 19.4. The lowest BCUT2D eigenvalue weighted by molar-refractivity contribution is -0.137. The summed E-state index contributed by atoms with van der Waals surface area (Å²) in [7, 11) is 0. The van der Waals surface area contributed by atoms with Crippen molar-refractivity contribution in [1.82, 2.24) is 29.1 Å². The van der Waals surface area contributed by atoms with Gasteiger partial charge in [0.05, 0.1) is 29.0 Å². The molecule has 0 radical (unpaired) electrons. The number of aromatic nitrogens is 6. The van der Waals surface area contributed by atoms with Crippen molar-refractivity contribution >= 4 is 23.2 Å². The summed E-state index contributed by atoms with van der Waals surface area (Å²) < 4.78 is 43.7. The Kier molecular flexibility index (Phi) is 6.37. The van der Waals surface area contributed by atoms with E-state index in [-0.39, 0.29) is 11.4 Å². The zero-order valence-corrected chi connectivity index (χ0v) is 20.2. The second-order valence-corrected chi connectivity index (χ2v) is 8.47. The van der Waals surface area contributed by atoms with Crippen molar-refractivity contribution in [3.63, 3.8) is 0 Å². The van der Waals surface area contributed by atoms with Gasteiger partial charge < -0.3 is 15.2 Å². The second kappa shape index (κ2) is 9.81. The third-order valence-corrected chi connectivity index (χ3v) is 5.57. The van der Waals surface area contributed by atoms with Gasteiger partial charge in [-0.2, -0.15) is 18.2 Å². The number of halogens is 3. The summed E-state index contributed by atoms with van der Waals surface area (Å²) in [6, 6.07) is 11.7. The van der Waals surface area contributed by atoms with Gasteiger partial charge in [-0.15, -0.1) is 0 Å². The minimum absolute atomic E-state index is 0.136. The van der Waals surface area contributed by atoms with Crippen molar-refractivity contribution in [1.29, 1.82) is 0 Å². The number of carbonyl (C=O) groups is 1. The molecule has 38 heavy (non-hydrogen) atoms. The molecule has 0 atom stereocenters. The van der Waals surface area contributed by atoms with Gasteiger partial charge in [-0.05, 0) is 62.4 Å². The van der Waals surface area contributed by atoms with Gasteiger partial charge in [0.15, 0.2) is 0 Å². The Morgan fingerprint density at radius 1 is 0.842 bits per heavy atom. The topological polar surface area (TPSA) is 103 Å². The first-order valence-corrected chi connectivity index (χ1v) is 11.4. The van der Waals surface area contributed by atoms with Crippen LogP contribution in [0.15, 0.2) is 79.8 Å². The van der Waals surface area contributed by atoms with Gasteiger partial charge in [0.1, 0.15) is 12.1 Å². The van der Waals surface area contributed by atoms with Gasteiger partial charge in [0.2, 0.25) is 5.95 Å². The largest absolute Gasteiger partial charge is 0.418 e. The molecule has 9 nitrogen and oxygen atoms in total. The molecule has 0 saturated heterocycles. The first kappa shape index (κ1) is 24.7. The minimum Gasteiger partial charge on any atom is -0.324 e. The number of benzene rings is 2. The normalized spacial score (nSPS) is 11.4. The highest BCUT2D eigenvalue weighted by Gasteiger charge is 2.34. The molecule has 1 amide bonds. The molecule has 0 saturated carbocycles. The Balaban J connectivity index is 1.31. The first-order valence-electron chi connectivity index (χ1n) is 11.4. The summed E-state index contributed by atoms with van der Waals surface area (Å²) in [5.74, 6) is 0.525. The molecule has 0 aliphatic rings. The standard InChI is InChI=1S/C26H21F3N8O/c1-16-12-36(14-31-16)22-11-20(7-8-21(22)26(27,28)29)33-24(38)18-3-5-19(6-4-18)34-25-30-10-9-23(35-25)37-13-17(2)32-15-37/h3-15H,1-2H3,(H,33,38)(H,30,34,35). The van der Waals surface area contributed by atoms with E-state index in [9.17, 15) is 18.0 Å². The van der Waals surface area contributed by atoms with Crippen LogP contribution in [0.4, 0.5) is 30.5 Å². The maximum absolute atomic E-state index is 13.6. The van der Waals surface area contributed by atoms with Crippen LogP contribution in [-0.2, 0) is 6.18 Å². The average molecular weight is 519 g/mol. The fourth-order valence-corrected chi connectivity index (χ4v) is 3.75. The van der Waals surface area contributed by atoms with Gasteiger partial charge in [-0.1, -0.05) is 0 Å². The molecule has 0 unspecified atom stereocenters. The molecule has 0 fully saturated rings. The Morgan fingerprint density at radius 3 is 2.13 bits per heavy atom. The molecular weight excluding hydrogens is 497 g/mol. The Labute approximate surface area is 215 Å². The van der Waals surface area contributed by atoms with Crippen LogP contribution in [0.25, 0.3) is 11.5 Å². The molecule has 0 spiro atoms. The van der Waals surface area contributed by atoms with Crippen molar-refractivity contribution in [2.75, 3.05) is 10.6 Å². The average Bonchev–Trinajstić information content (AvgIpc) is 3.52. The molecule has 192 valence electrons. The molecular formula is C26H21F3N8O. The van der Waals surface area contributed by atoms with Crippen LogP contribution in [0, 0.1) is 13.8 Å². The monoisotopic (exact) mass is 518 g/mol. The lowest BCUT2D eigenvalue weighted by Gasteiger charge is -2.15. The molecule has 0 aliphatic carbocycles. The molecule has 5 rings (SSSR count). The number of nitrogens with zero attached hydrogens (tertiary/aromatic N) is 6. The van der Waals surface area contributed by atoms with Gasteiger partial charge >= 0.3 is 6.18 Å². The van der Waals surface area contributed by atoms with Crippen LogP contribution in [0.5, 0.6) is 0 Å². The summed E-state index contributed by atoms with van der Waals surface area (Å²) in [6.07, 6.45) is 3.33. The molecule has 3 aromatic heterocycles. The summed E-state index contributed by atoms with van der Waals surface area (Å²) in [6.45, 7) is 3.56. The van der Waals surface area contributed by atoms with E-state index in [1.807, 2.05) is 13.1 Å². The van der Waals surface area contributed by atoms with E-state index in [1.54, 1.807) is 54.3 Å². The molecule has 3 heterocycles. The highest BCUT2D eigenvalue weighted by Crippen LogP contribution is 2.35. The number of amides is 1. The predicted octanol–water partition coefficient (Wildman–Crippen LogP) is 5.48. The van der Waals surface area contributed by atoms with Gasteiger partial charge in [0.25, 0.3) is 5.91 Å². The number of hydrogen-bond donors (Lipinski definition) is 2. The lowest BCUT2D eigenvalue weighted by Crippen LogP contribution is -2.14. The molecule has 0 bridgehead atoms. The number of alkyl halides is 3. The number of rotatable bonds is 6. The third kappa shape index (κ3) is 5.38. The third-order valence-electron chi connectivity index (χ3n) is 5.57.